The zero-order chi connectivity index (χ0) is 17.9. The topological polar surface area (TPSA) is 87.2 Å². The summed E-state index contributed by atoms with van der Waals surface area (Å²) in [5, 5.41) is 12.5. The molecule has 0 bridgehead atoms. The highest BCUT2D eigenvalue weighted by Gasteiger charge is 2.19. The average molecular weight is 343 g/mol. The number of para-hydroxylation sites is 1. The lowest BCUT2D eigenvalue weighted by atomic mass is 9.89. The molecule has 2 aromatic rings. The summed E-state index contributed by atoms with van der Waals surface area (Å²) in [6, 6.07) is 7.75. The summed E-state index contributed by atoms with van der Waals surface area (Å²) < 4.78 is 5.80. The highest BCUT2D eigenvalue weighted by atomic mass is 16.5. The van der Waals surface area contributed by atoms with E-state index < -0.39 is 0 Å². The van der Waals surface area contributed by atoms with Gasteiger partial charge < -0.3 is 15.2 Å². The molecule has 3 N–H and O–H groups in total. The van der Waals surface area contributed by atoms with Crippen molar-refractivity contribution in [2.24, 2.45) is 5.41 Å². The van der Waals surface area contributed by atoms with E-state index in [1.54, 1.807) is 0 Å². The Kier molecular flexibility index (Phi) is 5.08. The van der Waals surface area contributed by atoms with Gasteiger partial charge >= 0.3 is 0 Å². The number of ether oxygens (including phenoxy) is 1. The number of hydrogen-bond acceptors (Lipinski definition) is 5. The predicted molar refractivity (Wildman–Crippen MR) is 97.0 cm³/mol. The van der Waals surface area contributed by atoms with Gasteiger partial charge in [-0.3, -0.25) is 9.78 Å². The number of aromatic nitrogens is 2. The SMILES string of the molecule is CC(C)(CO)CCCNc1nc2c(c(=O)[nH]1)Cc1ccccc1OC2. The largest absolute Gasteiger partial charge is 0.487 e. The number of H-pyrrole nitrogens is 1. The molecule has 0 radical (unpaired) electrons. The van der Waals surface area contributed by atoms with E-state index in [1.165, 1.54) is 0 Å². The Labute approximate surface area is 147 Å². The van der Waals surface area contributed by atoms with Crippen molar-refractivity contribution in [3.63, 3.8) is 0 Å². The summed E-state index contributed by atoms with van der Waals surface area (Å²) in [6.45, 7) is 5.21. The minimum atomic E-state index is -0.122. The van der Waals surface area contributed by atoms with Crippen LogP contribution in [0.5, 0.6) is 5.75 Å². The maximum absolute atomic E-state index is 12.5. The first-order chi connectivity index (χ1) is 12.0. The van der Waals surface area contributed by atoms with Gasteiger partial charge in [-0.15, -0.1) is 0 Å². The van der Waals surface area contributed by atoms with Crippen LogP contribution in [0.15, 0.2) is 29.1 Å². The quantitative estimate of drug-likeness (QED) is 0.701. The van der Waals surface area contributed by atoms with E-state index in [0.29, 0.717) is 36.8 Å². The van der Waals surface area contributed by atoms with Crippen LogP contribution in [0.3, 0.4) is 0 Å². The van der Waals surface area contributed by atoms with Gasteiger partial charge in [0.05, 0.1) is 5.69 Å². The Balaban J connectivity index is 1.69. The molecule has 0 unspecified atom stereocenters. The summed E-state index contributed by atoms with van der Waals surface area (Å²) in [7, 11) is 0. The van der Waals surface area contributed by atoms with Crippen LogP contribution >= 0.6 is 0 Å². The highest BCUT2D eigenvalue weighted by Crippen LogP contribution is 2.26. The van der Waals surface area contributed by atoms with Gasteiger partial charge in [0.25, 0.3) is 5.56 Å². The van der Waals surface area contributed by atoms with E-state index in [1.807, 2.05) is 38.1 Å². The molecule has 1 aromatic heterocycles. The van der Waals surface area contributed by atoms with E-state index in [-0.39, 0.29) is 17.6 Å². The molecule has 0 fully saturated rings. The molecule has 3 rings (SSSR count). The number of aliphatic hydroxyl groups excluding tert-OH is 1. The lowest BCUT2D eigenvalue weighted by Crippen LogP contribution is -2.22. The Morgan fingerprint density at radius 2 is 2.16 bits per heavy atom. The van der Waals surface area contributed by atoms with Crippen LogP contribution in [0, 0.1) is 5.41 Å². The summed E-state index contributed by atoms with van der Waals surface area (Å²) in [5.41, 5.74) is 2.13. The summed E-state index contributed by atoms with van der Waals surface area (Å²) in [5.74, 6) is 1.28. The van der Waals surface area contributed by atoms with Crippen molar-refractivity contribution in [1.29, 1.82) is 0 Å². The van der Waals surface area contributed by atoms with Crippen molar-refractivity contribution < 1.29 is 9.84 Å². The van der Waals surface area contributed by atoms with Gasteiger partial charge in [-0.05, 0) is 29.9 Å². The zero-order valence-corrected chi connectivity index (χ0v) is 14.8. The molecular weight excluding hydrogens is 318 g/mol. The number of aromatic amines is 1. The average Bonchev–Trinajstić information content (AvgIpc) is 2.79. The number of nitrogens with zero attached hydrogens (tertiary/aromatic N) is 1. The molecule has 0 amide bonds. The van der Waals surface area contributed by atoms with Crippen LogP contribution in [-0.4, -0.2) is 28.2 Å². The highest BCUT2D eigenvalue weighted by molar-refractivity contribution is 5.41. The van der Waals surface area contributed by atoms with Gasteiger partial charge in [-0.25, -0.2) is 4.98 Å². The second-order valence-corrected chi connectivity index (χ2v) is 7.27. The molecule has 6 heteroatoms. The van der Waals surface area contributed by atoms with Crippen LogP contribution in [-0.2, 0) is 13.0 Å². The normalized spacial score (nSPS) is 13.4. The minimum Gasteiger partial charge on any atom is -0.487 e. The van der Waals surface area contributed by atoms with Crippen LogP contribution in [0.2, 0.25) is 0 Å². The fourth-order valence-electron chi connectivity index (χ4n) is 2.91. The Morgan fingerprint density at radius 1 is 1.36 bits per heavy atom. The molecule has 0 saturated carbocycles. The maximum atomic E-state index is 12.5. The zero-order valence-electron chi connectivity index (χ0n) is 14.8. The third kappa shape index (κ3) is 4.20. The molecule has 0 aliphatic carbocycles. The molecule has 0 saturated heterocycles. The number of anilines is 1. The van der Waals surface area contributed by atoms with E-state index in [0.717, 1.165) is 24.2 Å². The maximum Gasteiger partial charge on any atom is 0.256 e. The van der Waals surface area contributed by atoms with Crippen molar-refractivity contribution in [2.75, 3.05) is 18.5 Å². The van der Waals surface area contributed by atoms with Gasteiger partial charge in [-0.2, -0.15) is 0 Å². The van der Waals surface area contributed by atoms with Gasteiger partial charge in [0.1, 0.15) is 12.4 Å². The van der Waals surface area contributed by atoms with Crippen molar-refractivity contribution in [1.82, 2.24) is 9.97 Å². The standard InChI is InChI=1S/C19H25N3O3/c1-19(2,12-23)8-5-9-20-18-21-15-11-25-16-7-4-3-6-13(16)10-14(15)17(24)22-18/h3-4,6-7,23H,5,8-12H2,1-2H3,(H2,20,21,22,24). The molecular formula is C19H25N3O3. The molecule has 0 spiro atoms. The molecule has 1 aliphatic rings. The first kappa shape index (κ1) is 17.5. The molecule has 6 nitrogen and oxygen atoms in total. The van der Waals surface area contributed by atoms with Gasteiger partial charge in [0.2, 0.25) is 5.95 Å². The predicted octanol–water partition coefficient (Wildman–Crippen LogP) is 2.46. The number of fused-ring (bicyclic) bond motifs is 2. The first-order valence-corrected chi connectivity index (χ1v) is 8.66. The van der Waals surface area contributed by atoms with Crippen molar-refractivity contribution >= 4 is 5.95 Å². The molecule has 2 heterocycles. The smallest absolute Gasteiger partial charge is 0.256 e. The van der Waals surface area contributed by atoms with Crippen LogP contribution in [0.4, 0.5) is 5.95 Å². The van der Waals surface area contributed by atoms with Crippen LogP contribution in [0.25, 0.3) is 0 Å². The Hall–Kier alpha value is -2.34. The number of rotatable bonds is 6. The van der Waals surface area contributed by atoms with E-state index in [4.69, 9.17) is 4.74 Å². The summed E-state index contributed by atoms with van der Waals surface area (Å²) in [4.78, 5) is 19.8. The lowest BCUT2D eigenvalue weighted by Gasteiger charge is -2.21. The molecule has 0 atom stereocenters. The Morgan fingerprint density at radius 3 is 2.96 bits per heavy atom. The van der Waals surface area contributed by atoms with Crippen molar-refractivity contribution in [2.45, 2.75) is 39.7 Å². The van der Waals surface area contributed by atoms with Gasteiger partial charge in [0.15, 0.2) is 0 Å². The van der Waals surface area contributed by atoms with Crippen LogP contribution < -0.4 is 15.6 Å². The first-order valence-electron chi connectivity index (χ1n) is 8.66. The van der Waals surface area contributed by atoms with Crippen molar-refractivity contribution in [3.8, 4) is 5.75 Å². The minimum absolute atomic E-state index is 0.0874. The summed E-state index contributed by atoms with van der Waals surface area (Å²) in [6.07, 6.45) is 2.30. The fraction of sp³-hybridized carbons (Fsp3) is 0.474. The Bertz CT molecular complexity index is 799. The molecule has 1 aromatic carbocycles. The van der Waals surface area contributed by atoms with Crippen molar-refractivity contribution in [3.05, 3.63) is 51.4 Å². The fourth-order valence-corrected chi connectivity index (χ4v) is 2.91. The number of hydrogen-bond donors (Lipinski definition) is 3. The third-order valence-electron chi connectivity index (χ3n) is 4.56. The second kappa shape index (κ2) is 7.27. The monoisotopic (exact) mass is 343 g/mol. The number of aliphatic hydroxyl groups is 1. The van der Waals surface area contributed by atoms with Gasteiger partial charge in [-0.1, -0.05) is 32.0 Å². The van der Waals surface area contributed by atoms with Gasteiger partial charge in [0, 0.05) is 25.1 Å². The second-order valence-electron chi connectivity index (χ2n) is 7.27. The number of nitrogens with one attached hydrogen (secondary N) is 2. The molecule has 25 heavy (non-hydrogen) atoms. The van der Waals surface area contributed by atoms with E-state index in [9.17, 15) is 9.90 Å². The van der Waals surface area contributed by atoms with E-state index in [2.05, 4.69) is 15.3 Å². The number of benzene rings is 1. The third-order valence-corrected chi connectivity index (χ3v) is 4.56. The van der Waals surface area contributed by atoms with E-state index >= 15 is 0 Å². The van der Waals surface area contributed by atoms with Crippen LogP contribution in [0.1, 0.15) is 43.5 Å². The molecule has 134 valence electrons. The lowest BCUT2D eigenvalue weighted by molar-refractivity contribution is 0.149. The summed E-state index contributed by atoms with van der Waals surface area (Å²) >= 11 is 0. The molecule has 1 aliphatic heterocycles.